The SMILES string of the molecule is CCC(C)Cc1cc(C2=CCOCC2)ccc1C. The van der Waals surface area contributed by atoms with Crippen LogP contribution in [-0.4, -0.2) is 13.2 Å². The quantitative estimate of drug-likeness (QED) is 0.763. The average Bonchev–Trinajstić information content (AvgIpc) is 2.42. The summed E-state index contributed by atoms with van der Waals surface area (Å²) in [7, 11) is 0. The Morgan fingerprint density at radius 3 is 2.83 bits per heavy atom. The van der Waals surface area contributed by atoms with Gasteiger partial charge in [-0.1, -0.05) is 44.5 Å². The number of aryl methyl sites for hydroxylation is 1. The molecule has 0 aliphatic carbocycles. The Labute approximate surface area is 111 Å². The van der Waals surface area contributed by atoms with Crippen LogP contribution in [0.15, 0.2) is 24.3 Å². The highest BCUT2D eigenvalue weighted by atomic mass is 16.5. The van der Waals surface area contributed by atoms with Crippen molar-refractivity contribution in [3.05, 3.63) is 41.0 Å². The minimum atomic E-state index is 0.766. The largest absolute Gasteiger partial charge is 0.377 e. The summed E-state index contributed by atoms with van der Waals surface area (Å²) in [5.41, 5.74) is 5.77. The summed E-state index contributed by atoms with van der Waals surface area (Å²) in [5.74, 6) is 0.766. The van der Waals surface area contributed by atoms with Gasteiger partial charge in [-0.25, -0.2) is 0 Å². The molecule has 18 heavy (non-hydrogen) atoms. The molecular weight excluding hydrogens is 220 g/mol. The second kappa shape index (κ2) is 6.19. The van der Waals surface area contributed by atoms with Gasteiger partial charge in [0.25, 0.3) is 0 Å². The standard InChI is InChI=1S/C17H24O/c1-4-13(2)11-17-12-16(6-5-14(17)3)15-7-9-18-10-8-15/h5-7,12-13H,4,8-11H2,1-3H3. The van der Waals surface area contributed by atoms with Crippen LogP contribution in [0.25, 0.3) is 5.57 Å². The van der Waals surface area contributed by atoms with Crippen molar-refractivity contribution in [1.29, 1.82) is 0 Å². The molecule has 1 heteroatoms. The Hall–Kier alpha value is -1.08. The van der Waals surface area contributed by atoms with Gasteiger partial charge >= 0.3 is 0 Å². The van der Waals surface area contributed by atoms with Crippen LogP contribution >= 0.6 is 0 Å². The van der Waals surface area contributed by atoms with E-state index in [1.54, 1.807) is 0 Å². The van der Waals surface area contributed by atoms with Gasteiger partial charge in [0.1, 0.15) is 0 Å². The molecule has 0 fully saturated rings. The fraction of sp³-hybridized carbons (Fsp3) is 0.529. The summed E-state index contributed by atoms with van der Waals surface area (Å²) in [4.78, 5) is 0. The molecule has 0 N–H and O–H groups in total. The molecule has 1 aromatic carbocycles. The molecule has 0 aromatic heterocycles. The van der Waals surface area contributed by atoms with Crippen LogP contribution in [0.2, 0.25) is 0 Å². The summed E-state index contributed by atoms with van der Waals surface area (Å²) in [6.07, 6.45) is 5.72. The maximum atomic E-state index is 5.38. The molecule has 98 valence electrons. The predicted octanol–water partition coefficient (Wildman–Crippen LogP) is 4.39. The first-order chi connectivity index (χ1) is 8.70. The van der Waals surface area contributed by atoms with Crippen molar-refractivity contribution in [2.45, 2.75) is 40.0 Å². The van der Waals surface area contributed by atoms with Crippen molar-refractivity contribution < 1.29 is 4.74 Å². The average molecular weight is 244 g/mol. The highest BCUT2D eigenvalue weighted by Crippen LogP contribution is 2.25. The number of hydrogen-bond donors (Lipinski definition) is 0. The molecule has 0 amide bonds. The van der Waals surface area contributed by atoms with Crippen LogP contribution in [0.1, 0.15) is 43.4 Å². The molecule has 1 unspecified atom stereocenters. The van der Waals surface area contributed by atoms with Crippen LogP contribution in [0, 0.1) is 12.8 Å². The van der Waals surface area contributed by atoms with Crippen molar-refractivity contribution in [3.8, 4) is 0 Å². The predicted molar refractivity (Wildman–Crippen MR) is 77.8 cm³/mol. The number of rotatable bonds is 4. The van der Waals surface area contributed by atoms with E-state index >= 15 is 0 Å². The number of ether oxygens (including phenoxy) is 1. The van der Waals surface area contributed by atoms with Gasteiger partial charge in [0, 0.05) is 0 Å². The van der Waals surface area contributed by atoms with Crippen LogP contribution in [0.3, 0.4) is 0 Å². The van der Waals surface area contributed by atoms with E-state index in [1.165, 1.54) is 35.1 Å². The monoisotopic (exact) mass is 244 g/mol. The zero-order chi connectivity index (χ0) is 13.0. The zero-order valence-electron chi connectivity index (χ0n) is 11.8. The van der Waals surface area contributed by atoms with Gasteiger partial charge < -0.3 is 4.74 Å². The van der Waals surface area contributed by atoms with Gasteiger partial charge in [0.15, 0.2) is 0 Å². The molecule has 1 atom stereocenters. The first kappa shape index (κ1) is 13.4. The Kier molecular flexibility index (Phi) is 4.60. The molecule has 0 spiro atoms. The van der Waals surface area contributed by atoms with Crippen molar-refractivity contribution in [2.24, 2.45) is 5.92 Å². The molecule has 1 nitrogen and oxygen atoms in total. The highest BCUT2D eigenvalue weighted by molar-refractivity contribution is 5.67. The van der Waals surface area contributed by atoms with Crippen LogP contribution in [-0.2, 0) is 11.2 Å². The lowest BCUT2D eigenvalue weighted by molar-refractivity contribution is 0.161. The summed E-state index contributed by atoms with van der Waals surface area (Å²) in [6.45, 7) is 8.45. The molecule has 0 saturated carbocycles. The third kappa shape index (κ3) is 3.23. The lowest BCUT2D eigenvalue weighted by Gasteiger charge is -2.17. The Balaban J connectivity index is 2.22. The fourth-order valence-electron chi connectivity index (χ4n) is 2.40. The topological polar surface area (TPSA) is 9.23 Å². The van der Waals surface area contributed by atoms with Gasteiger partial charge in [-0.15, -0.1) is 0 Å². The van der Waals surface area contributed by atoms with E-state index in [0.29, 0.717) is 0 Å². The second-order valence-electron chi connectivity index (χ2n) is 5.41. The molecule has 1 heterocycles. The highest BCUT2D eigenvalue weighted by Gasteiger charge is 2.09. The molecule has 1 aromatic rings. The van der Waals surface area contributed by atoms with E-state index in [0.717, 1.165) is 25.6 Å². The van der Waals surface area contributed by atoms with Gasteiger partial charge in [0.2, 0.25) is 0 Å². The Morgan fingerprint density at radius 1 is 1.33 bits per heavy atom. The zero-order valence-corrected chi connectivity index (χ0v) is 11.8. The minimum Gasteiger partial charge on any atom is -0.377 e. The molecule has 0 bridgehead atoms. The molecule has 0 radical (unpaired) electrons. The Morgan fingerprint density at radius 2 is 2.17 bits per heavy atom. The lowest BCUT2D eigenvalue weighted by Crippen LogP contribution is -2.05. The molecule has 1 aliphatic heterocycles. The maximum Gasteiger partial charge on any atom is 0.0653 e. The first-order valence-electron chi connectivity index (χ1n) is 7.07. The lowest BCUT2D eigenvalue weighted by atomic mass is 9.91. The molecule has 2 rings (SSSR count). The first-order valence-corrected chi connectivity index (χ1v) is 7.07. The third-order valence-corrected chi connectivity index (χ3v) is 3.95. The van der Waals surface area contributed by atoms with Gasteiger partial charge in [-0.05, 0) is 47.9 Å². The van der Waals surface area contributed by atoms with Gasteiger partial charge in [-0.2, -0.15) is 0 Å². The number of hydrogen-bond acceptors (Lipinski definition) is 1. The third-order valence-electron chi connectivity index (χ3n) is 3.95. The molecule has 1 aliphatic rings. The summed E-state index contributed by atoms with van der Waals surface area (Å²) in [5, 5.41) is 0. The summed E-state index contributed by atoms with van der Waals surface area (Å²) < 4.78 is 5.38. The van der Waals surface area contributed by atoms with Crippen molar-refractivity contribution >= 4 is 5.57 Å². The van der Waals surface area contributed by atoms with Crippen LogP contribution in [0.4, 0.5) is 0 Å². The van der Waals surface area contributed by atoms with E-state index in [2.05, 4.69) is 45.0 Å². The molecular formula is C17H24O. The Bertz CT molecular complexity index is 431. The van der Waals surface area contributed by atoms with E-state index in [-0.39, 0.29) is 0 Å². The summed E-state index contributed by atoms with van der Waals surface area (Å²) >= 11 is 0. The van der Waals surface area contributed by atoms with Crippen molar-refractivity contribution in [1.82, 2.24) is 0 Å². The second-order valence-corrected chi connectivity index (χ2v) is 5.41. The normalized spacial score (nSPS) is 17.4. The van der Waals surface area contributed by atoms with Crippen molar-refractivity contribution in [3.63, 3.8) is 0 Å². The van der Waals surface area contributed by atoms with Gasteiger partial charge in [0.05, 0.1) is 13.2 Å². The maximum absolute atomic E-state index is 5.38. The van der Waals surface area contributed by atoms with Crippen LogP contribution in [0.5, 0.6) is 0 Å². The van der Waals surface area contributed by atoms with E-state index in [1.807, 2.05) is 0 Å². The van der Waals surface area contributed by atoms with Gasteiger partial charge in [-0.3, -0.25) is 0 Å². The van der Waals surface area contributed by atoms with Crippen LogP contribution < -0.4 is 0 Å². The fourth-order valence-corrected chi connectivity index (χ4v) is 2.40. The number of benzene rings is 1. The van der Waals surface area contributed by atoms with Crippen molar-refractivity contribution in [2.75, 3.05) is 13.2 Å². The summed E-state index contributed by atoms with van der Waals surface area (Å²) in [6, 6.07) is 6.91. The van der Waals surface area contributed by atoms with E-state index < -0.39 is 0 Å². The van der Waals surface area contributed by atoms with E-state index in [9.17, 15) is 0 Å². The smallest absolute Gasteiger partial charge is 0.0653 e. The minimum absolute atomic E-state index is 0.766. The van der Waals surface area contributed by atoms with E-state index in [4.69, 9.17) is 4.74 Å². The molecule has 0 saturated heterocycles.